The van der Waals surface area contributed by atoms with Crippen molar-refractivity contribution in [3.8, 4) is 0 Å². The van der Waals surface area contributed by atoms with E-state index in [1.165, 1.54) is 6.07 Å². The van der Waals surface area contributed by atoms with Gasteiger partial charge in [0.15, 0.2) is 0 Å². The van der Waals surface area contributed by atoms with Crippen molar-refractivity contribution in [1.82, 2.24) is 0 Å². The van der Waals surface area contributed by atoms with Gasteiger partial charge in [-0.1, -0.05) is 29.2 Å². The first-order chi connectivity index (χ1) is 8.49. The molecule has 2 nitrogen and oxygen atoms in total. The summed E-state index contributed by atoms with van der Waals surface area (Å²) in [5.74, 6) is -0.506. The molecule has 0 saturated heterocycles. The Morgan fingerprint density at radius 1 is 1.32 bits per heavy atom. The van der Waals surface area contributed by atoms with Gasteiger partial charge in [0.05, 0.1) is 6.42 Å². The first kappa shape index (κ1) is 15.9. The molecular weight excluding hydrogens is 279 g/mol. The molecule has 1 aromatic rings. The van der Waals surface area contributed by atoms with E-state index >= 15 is 0 Å². The fourth-order valence-electron chi connectivity index (χ4n) is 1.49. The maximum Gasteiger partial charge on any atom is 0.511 e. The molecule has 106 valence electrons. The van der Waals surface area contributed by atoms with E-state index in [1.807, 2.05) is 0 Å². The smallest absolute Gasteiger partial charge is 0.460 e. The summed E-state index contributed by atoms with van der Waals surface area (Å²) in [5.41, 5.74) is -1.09. The number of ether oxygens (including phenoxy) is 1. The molecule has 0 bridgehead atoms. The topological polar surface area (TPSA) is 26.3 Å². The van der Waals surface area contributed by atoms with Crippen LogP contribution in [0.3, 0.4) is 0 Å². The maximum atomic E-state index is 12.6. The largest absolute Gasteiger partial charge is 0.511 e. The number of hydrogen-bond donors (Lipinski definition) is 0. The Bertz CT molecular complexity index is 481. The first-order valence-corrected chi connectivity index (χ1v) is 6.07. The van der Waals surface area contributed by atoms with E-state index in [0.29, 0.717) is 5.56 Å². The highest BCUT2D eigenvalue weighted by atomic mass is 35.5. The van der Waals surface area contributed by atoms with Gasteiger partial charge < -0.3 is 17.7 Å². The fourth-order valence-corrected chi connectivity index (χ4v) is 1.82. The third-order valence-electron chi connectivity index (χ3n) is 2.19. The zero-order valence-corrected chi connectivity index (χ0v) is 11.6. The summed E-state index contributed by atoms with van der Waals surface area (Å²) < 4.78 is 42.7. The molecule has 0 aliphatic carbocycles. The molecular formula is C12H14BClF3O2-. The number of carbonyl (C=O) groups excluding carboxylic acids is 1. The fraction of sp³-hybridized carbons (Fsp3) is 0.417. The van der Waals surface area contributed by atoms with Crippen LogP contribution in [0.15, 0.2) is 18.2 Å². The number of hydrogen-bond acceptors (Lipinski definition) is 2. The minimum absolute atomic E-state index is 0.109. The van der Waals surface area contributed by atoms with Gasteiger partial charge in [0.25, 0.3) is 0 Å². The molecule has 1 aromatic carbocycles. The van der Waals surface area contributed by atoms with Gasteiger partial charge in [0.2, 0.25) is 0 Å². The van der Waals surface area contributed by atoms with Gasteiger partial charge in [0.1, 0.15) is 5.60 Å². The minimum Gasteiger partial charge on any atom is -0.460 e. The molecule has 0 amide bonds. The summed E-state index contributed by atoms with van der Waals surface area (Å²) in [7, 11) is 0. The Labute approximate surface area is 115 Å². The summed E-state index contributed by atoms with van der Waals surface area (Å²) in [6, 6.07) is 3.28. The van der Waals surface area contributed by atoms with Crippen LogP contribution in [0.2, 0.25) is 5.02 Å². The average molecular weight is 294 g/mol. The Morgan fingerprint density at radius 3 is 2.32 bits per heavy atom. The average Bonchev–Trinajstić information content (AvgIpc) is 2.11. The van der Waals surface area contributed by atoms with Gasteiger partial charge in [-0.05, 0) is 32.4 Å². The van der Waals surface area contributed by atoms with E-state index in [2.05, 4.69) is 0 Å². The van der Waals surface area contributed by atoms with E-state index in [0.717, 1.165) is 12.1 Å². The van der Waals surface area contributed by atoms with Crippen LogP contribution in [-0.2, 0) is 16.0 Å². The lowest BCUT2D eigenvalue weighted by Crippen LogP contribution is -2.35. The standard InChI is InChI=1S/C12H14BClF3O2/c1-12(2,3)19-11(18)7-8-4-5-9(10(14)6-8)13(15,16)17/h4-6H,7H2,1-3H3/q-1. The lowest BCUT2D eigenvalue weighted by Gasteiger charge is -2.20. The van der Waals surface area contributed by atoms with Crippen molar-refractivity contribution in [2.45, 2.75) is 32.8 Å². The number of esters is 1. The zero-order valence-electron chi connectivity index (χ0n) is 10.8. The Hall–Kier alpha value is -1.17. The molecule has 0 aromatic heterocycles. The molecule has 0 fully saturated rings. The molecule has 1 rings (SSSR count). The van der Waals surface area contributed by atoms with Crippen LogP contribution < -0.4 is 5.46 Å². The summed E-state index contributed by atoms with van der Waals surface area (Å²) >= 11 is 5.57. The highest BCUT2D eigenvalue weighted by Crippen LogP contribution is 2.18. The second-order valence-corrected chi connectivity index (χ2v) is 5.60. The normalized spacial score (nSPS) is 12.4. The van der Waals surface area contributed by atoms with Crippen molar-refractivity contribution in [3.05, 3.63) is 28.8 Å². The first-order valence-electron chi connectivity index (χ1n) is 5.69. The van der Waals surface area contributed by atoms with E-state index in [-0.39, 0.29) is 6.42 Å². The van der Waals surface area contributed by atoms with E-state index in [9.17, 15) is 17.7 Å². The van der Waals surface area contributed by atoms with Crippen molar-refractivity contribution >= 4 is 30.0 Å². The second-order valence-electron chi connectivity index (χ2n) is 5.19. The van der Waals surface area contributed by atoms with Gasteiger partial charge in [0, 0.05) is 5.02 Å². The molecule has 0 saturated carbocycles. The van der Waals surface area contributed by atoms with Crippen LogP contribution in [0.4, 0.5) is 12.9 Å². The Kier molecular flexibility index (Phi) is 4.56. The van der Waals surface area contributed by atoms with Crippen molar-refractivity contribution in [3.63, 3.8) is 0 Å². The van der Waals surface area contributed by atoms with Crippen LogP contribution in [0, 0.1) is 0 Å². The minimum atomic E-state index is -5.14. The molecule has 7 heteroatoms. The molecule has 0 atom stereocenters. The Morgan fingerprint density at radius 2 is 1.89 bits per heavy atom. The van der Waals surface area contributed by atoms with E-state index < -0.39 is 29.0 Å². The lowest BCUT2D eigenvalue weighted by atomic mass is 9.79. The van der Waals surface area contributed by atoms with Crippen molar-refractivity contribution in [1.29, 1.82) is 0 Å². The van der Waals surface area contributed by atoms with Crippen molar-refractivity contribution in [2.75, 3.05) is 0 Å². The monoisotopic (exact) mass is 293 g/mol. The van der Waals surface area contributed by atoms with Crippen LogP contribution in [0.5, 0.6) is 0 Å². The predicted molar refractivity (Wildman–Crippen MR) is 69.7 cm³/mol. The number of halogens is 4. The van der Waals surface area contributed by atoms with Crippen LogP contribution >= 0.6 is 11.6 Å². The zero-order chi connectivity index (χ0) is 14.8. The second kappa shape index (κ2) is 5.45. The summed E-state index contributed by atoms with van der Waals surface area (Å²) in [5, 5.41) is -0.395. The molecule has 0 radical (unpaired) electrons. The van der Waals surface area contributed by atoms with Crippen LogP contribution in [0.1, 0.15) is 26.3 Å². The third-order valence-corrected chi connectivity index (χ3v) is 2.51. The molecule has 0 aliphatic heterocycles. The molecule has 0 spiro atoms. The quantitative estimate of drug-likeness (QED) is 0.631. The van der Waals surface area contributed by atoms with Gasteiger partial charge in [-0.25, -0.2) is 0 Å². The summed E-state index contributed by atoms with van der Waals surface area (Å²) in [6.45, 7) is 0.00492. The highest BCUT2D eigenvalue weighted by Gasteiger charge is 2.28. The van der Waals surface area contributed by atoms with E-state index in [1.54, 1.807) is 20.8 Å². The van der Waals surface area contributed by atoms with Crippen LogP contribution in [0.25, 0.3) is 0 Å². The van der Waals surface area contributed by atoms with Gasteiger partial charge in [-0.3, -0.25) is 4.79 Å². The van der Waals surface area contributed by atoms with Gasteiger partial charge >= 0.3 is 12.9 Å². The van der Waals surface area contributed by atoms with Crippen molar-refractivity contribution in [2.24, 2.45) is 0 Å². The summed E-state index contributed by atoms with van der Waals surface area (Å²) in [6.07, 6.45) is -0.109. The molecule has 0 heterocycles. The molecule has 0 aliphatic rings. The van der Waals surface area contributed by atoms with E-state index in [4.69, 9.17) is 16.3 Å². The molecule has 0 N–H and O–H groups in total. The predicted octanol–water partition coefficient (Wildman–Crippen LogP) is 3.28. The van der Waals surface area contributed by atoms with Crippen LogP contribution in [-0.4, -0.2) is 18.5 Å². The molecule has 0 unspecified atom stereocenters. The van der Waals surface area contributed by atoms with Gasteiger partial charge in [-0.15, -0.1) is 0 Å². The SMILES string of the molecule is CC(C)(C)OC(=O)Cc1ccc([B-](F)(F)F)c(Cl)c1. The number of rotatable bonds is 3. The lowest BCUT2D eigenvalue weighted by molar-refractivity contribution is -0.153. The highest BCUT2D eigenvalue weighted by molar-refractivity contribution is 6.75. The molecule has 19 heavy (non-hydrogen) atoms. The number of carbonyl (C=O) groups is 1. The number of benzene rings is 1. The van der Waals surface area contributed by atoms with Crippen molar-refractivity contribution < 1.29 is 22.5 Å². The third kappa shape index (κ3) is 5.14. The van der Waals surface area contributed by atoms with Gasteiger partial charge in [-0.2, -0.15) is 0 Å². The Balaban J connectivity index is 2.83. The maximum absolute atomic E-state index is 12.6. The summed E-state index contributed by atoms with van der Waals surface area (Å²) in [4.78, 5) is 11.5.